The van der Waals surface area contributed by atoms with Crippen molar-refractivity contribution in [2.24, 2.45) is 5.73 Å². The van der Waals surface area contributed by atoms with E-state index in [0.717, 1.165) is 6.42 Å². The third-order valence-corrected chi connectivity index (χ3v) is 2.76. The molecule has 1 aromatic carbocycles. The number of hydrogen-bond donors (Lipinski definition) is 1. The van der Waals surface area contributed by atoms with Crippen LogP contribution in [0.1, 0.15) is 25.8 Å². The van der Waals surface area contributed by atoms with Crippen LogP contribution >= 0.6 is 0 Å². The summed E-state index contributed by atoms with van der Waals surface area (Å²) in [5.74, 6) is 0.343. The molecule has 1 rings (SSSR count). The standard InChI is InChI=1S/C13H20FNO2/c1-13(2,16-3)6-7-17-12-5-4-11(14)8-10(12)9-15/h4-5,8H,6-7,9,15H2,1-3H3. The van der Waals surface area contributed by atoms with Crippen molar-refractivity contribution in [3.05, 3.63) is 29.6 Å². The maximum Gasteiger partial charge on any atom is 0.123 e. The van der Waals surface area contributed by atoms with Gasteiger partial charge in [-0.3, -0.25) is 0 Å². The van der Waals surface area contributed by atoms with Gasteiger partial charge in [-0.05, 0) is 32.0 Å². The second kappa shape index (κ2) is 5.98. The lowest BCUT2D eigenvalue weighted by molar-refractivity contribution is 0.00537. The molecule has 0 atom stereocenters. The third-order valence-electron chi connectivity index (χ3n) is 2.76. The fourth-order valence-corrected chi connectivity index (χ4v) is 1.36. The summed E-state index contributed by atoms with van der Waals surface area (Å²) in [7, 11) is 1.67. The highest BCUT2D eigenvalue weighted by Crippen LogP contribution is 2.21. The summed E-state index contributed by atoms with van der Waals surface area (Å²) >= 11 is 0. The molecule has 17 heavy (non-hydrogen) atoms. The quantitative estimate of drug-likeness (QED) is 0.832. The molecule has 4 heteroatoms. The van der Waals surface area contributed by atoms with Gasteiger partial charge in [-0.15, -0.1) is 0 Å². The van der Waals surface area contributed by atoms with Gasteiger partial charge in [0, 0.05) is 25.6 Å². The molecule has 0 unspecified atom stereocenters. The molecule has 2 N–H and O–H groups in total. The molecule has 0 heterocycles. The summed E-state index contributed by atoms with van der Waals surface area (Å²) in [4.78, 5) is 0. The zero-order chi connectivity index (χ0) is 12.9. The average Bonchev–Trinajstić information content (AvgIpc) is 2.30. The summed E-state index contributed by atoms with van der Waals surface area (Å²) in [6, 6.07) is 4.38. The van der Waals surface area contributed by atoms with Crippen molar-refractivity contribution in [2.45, 2.75) is 32.4 Å². The van der Waals surface area contributed by atoms with Crippen molar-refractivity contribution in [2.75, 3.05) is 13.7 Å². The first kappa shape index (κ1) is 13.9. The average molecular weight is 241 g/mol. The first-order chi connectivity index (χ1) is 7.98. The Morgan fingerprint density at radius 3 is 2.65 bits per heavy atom. The molecular formula is C13H20FNO2. The fraction of sp³-hybridized carbons (Fsp3) is 0.538. The molecule has 96 valence electrons. The zero-order valence-electron chi connectivity index (χ0n) is 10.6. The molecule has 0 saturated heterocycles. The summed E-state index contributed by atoms with van der Waals surface area (Å²) in [6.45, 7) is 4.76. The van der Waals surface area contributed by atoms with E-state index in [0.29, 0.717) is 17.9 Å². The Balaban J connectivity index is 2.57. The molecule has 0 aliphatic heterocycles. The Morgan fingerprint density at radius 2 is 2.06 bits per heavy atom. The lowest BCUT2D eigenvalue weighted by Crippen LogP contribution is -2.25. The van der Waals surface area contributed by atoms with Crippen LogP contribution in [0.5, 0.6) is 5.75 Å². The second-order valence-electron chi connectivity index (χ2n) is 4.52. The Bertz CT molecular complexity index is 366. The molecule has 3 nitrogen and oxygen atoms in total. The van der Waals surface area contributed by atoms with Crippen LogP contribution in [0.2, 0.25) is 0 Å². The Kier molecular flexibility index (Phi) is 4.90. The normalized spacial score (nSPS) is 11.6. The van der Waals surface area contributed by atoms with Crippen LogP contribution in [0.25, 0.3) is 0 Å². The summed E-state index contributed by atoms with van der Waals surface area (Å²) in [6.07, 6.45) is 0.755. The smallest absolute Gasteiger partial charge is 0.123 e. The predicted octanol–water partition coefficient (Wildman–Crippen LogP) is 2.48. The van der Waals surface area contributed by atoms with Gasteiger partial charge in [-0.25, -0.2) is 4.39 Å². The molecule has 0 aliphatic rings. The first-order valence-corrected chi connectivity index (χ1v) is 5.65. The molecule has 0 bridgehead atoms. The van der Waals surface area contributed by atoms with Crippen molar-refractivity contribution in [1.82, 2.24) is 0 Å². The third kappa shape index (κ3) is 4.32. The van der Waals surface area contributed by atoms with Gasteiger partial charge in [0.05, 0.1) is 12.2 Å². The van der Waals surface area contributed by atoms with Crippen molar-refractivity contribution < 1.29 is 13.9 Å². The van der Waals surface area contributed by atoms with E-state index >= 15 is 0 Å². The van der Waals surface area contributed by atoms with E-state index in [1.165, 1.54) is 12.1 Å². The van der Waals surface area contributed by atoms with Gasteiger partial charge in [0.25, 0.3) is 0 Å². The molecule has 0 saturated carbocycles. The highest BCUT2D eigenvalue weighted by Gasteiger charge is 2.16. The van der Waals surface area contributed by atoms with Gasteiger partial charge >= 0.3 is 0 Å². The lowest BCUT2D eigenvalue weighted by Gasteiger charge is -2.23. The number of hydrogen-bond acceptors (Lipinski definition) is 3. The second-order valence-corrected chi connectivity index (χ2v) is 4.52. The van der Waals surface area contributed by atoms with E-state index in [1.807, 2.05) is 13.8 Å². The largest absolute Gasteiger partial charge is 0.493 e. The SMILES string of the molecule is COC(C)(C)CCOc1ccc(F)cc1CN. The topological polar surface area (TPSA) is 44.5 Å². The minimum Gasteiger partial charge on any atom is -0.493 e. The van der Waals surface area contributed by atoms with Gasteiger partial charge < -0.3 is 15.2 Å². The molecule has 0 spiro atoms. The van der Waals surface area contributed by atoms with E-state index in [-0.39, 0.29) is 18.0 Å². The molecule has 0 radical (unpaired) electrons. The number of ether oxygens (including phenoxy) is 2. The molecular weight excluding hydrogens is 221 g/mol. The minimum atomic E-state index is -0.296. The monoisotopic (exact) mass is 241 g/mol. The van der Waals surface area contributed by atoms with Crippen molar-refractivity contribution in [3.8, 4) is 5.75 Å². The number of methoxy groups -OCH3 is 1. The fourth-order valence-electron chi connectivity index (χ4n) is 1.36. The zero-order valence-corrected chi connectivity index (χ0v) is 10.6. The molecule has 0 amide bonds. The van der Waals surface area contributed by atoms with Crippen molar-refractivity contribution in [1.29, 1.82) is 0 Å². The highest BCUT2D eigenvalue weighted by molar-refractivity contribution is 5.33. The van der Waals surface area contributed by atoms with Crippen LogP contribution in [-0.4, -0.2) is 19.3 Å². The molecule has 0 aromatic heterocycles. The van der Waals surface area contributed by atoms with E-state index in [1.54, 1.807) is 13.2 Å². The van der Waals surface area contributed by atoms with Gasteiger partial charge in [-0.2, -0.15) is 0 Å². The Hall–Kier alpha value is -1.13. The van der Waals surface area contributed by atoms with Crippen molar-refractivity contribution in [3.63, 3.8) is 0 Å². The number of rotatable bonds is 6. The maximum atomic E-state index is 13.0. The van der Waals surface area contributed by atoms with Gasteiger partial charge in [0.2, 0.25) is 0 Å². The summed E-state index contributed by atoms with van der Waals surface area (Å²) in [5.41, 5.74) is 5.99. The lowest BCUT2D eigenvalue weighted by atomic mass is 10.1. The van der Waals surface area contributed by atoms with E-state index in [9.17, 15) is 4.39 Å². The van der Waals surface area contributed by atoms with Crippen LogP contribution in [-0.2, 0) is 11.3 Å². The van der Waals surface area contributed by atoms with Gasteiger partial charge in [-0.1, -0.05) is 0 Å². The Labute approximate surface area is 102 Å². The van der Waals surface area contributed by atoms with Crippen LogP contribution in [0, 0.1) is 5.82 Å². The summed E-state index contributed by atoms with van der Waals surface area (Å²) in [5, 5.41) is 0. The van der Waals surface area contributed by atoms with E-state index in [2.05, 4.69) is 0 Å². The van der Waals surface area contributed by atoms with Gasteiger partial charge in [0.15, 0.2) is 0 Å². The number of halogens is 1. The maximum absolute atomic E-state index is 13.0. The molecule has 0 aliphatic carbocycles. The van der Waals surface area contributed by atoms with E-state index in [4.69, 9.17) is 15.2 Å². The molecule has 1 aromatic rings. The predicted molar refractivity (Wildman–Crippen MR) is 65.5 cm³/mol. The van der Waals surface area contributed by atoms with Crippen LogP contribution < -0.4 is 10.5 Å². The highest BCUT2D eigenvalue weighted by atomic mass is 19.1. The van der Waals surface area contributed by atoms with Crippen LogP contribution in [0.3, 0.4) is 0 Å². The van der Waals surface area contributed by atoms with Crippen LogP contribution in [0.4, 0.5) is 4.39 Å². The number of benzene rings is 1. The van der Waals surface area contributed by atoms with Crippen LogP contribution in [0.15, 0.2) is 18.2 Å². The van der Waals surface area contributed by atoms with Crippen molar-refractivity contribution >= 4 is 0 Å². The molecule has 0 fully saturated rings. The van der Waals surface area contributed by atoms with Gasteiger partial charge in [0.1, 0.15) is 11.6 Å². The summed E-state index contributed by atoms with van der Waals surface area (Å²) < 4.78 is 23.8. The van der Waals surface area contributed by atoms with E-state index < -0.39 is 0 Å². The Morgan fingerprint density at radius 1 is 1.35 bits per heavy atom. The minimum absolute atomic E-state index is 0.219. The first-order valence-electron chi connectivity index (χ1n) is 5.65. The number of nitrogens with two attached hydrogens (primary N) is 1.